The highest BCUT2D eigenvalue weighted by Gasteiger charge is 2.47. The summed E-state index contributed by atoms with van der Waals surface area (Å²) in [5.41, 5.74) is 2.59. The van der Waals surface area contributed by atoms with Gasteiger partial charge in [-0.15, -0.1) is 0 Å². The summed E-state index contributed by atoms with van der Waals surface area (Å²) in [6.45, 7) is 4.16. The Kier molecular flexibility index (Phi) is 3.66. The quantitative estimate of drug-likeness (QED) is 0.359. The van der Waals surface area contributed by atoms with E-state index in [-0.39, 0.29) is 23.7 Å². The standard InChI is InChI=1S/C14H20N2O2/c1-9(2)4-3-5-10-6-7-11-12(8-10)14(18)16(15)13(11)17/h4,6,11-12H,3,5,7-8,15H2,1-2H3/t11-,12-/m0/s1. The molecule has 0 saturated carbocycles. The maximum Gasteiger partial charge on any atom is 0.247 e. The Hall–Kier alpha value is -1.42. The fraction of sp³-hybridized carbons (Fsp3) is 0.571. The molecule has 0 spiro atoms. The van der Waals surface area contributed by atoms with Crippen molar-refractivity contribution in [1.82, 2.24) is 5.01 Å². The molecule has 4 nitrogen and oxygen atoms in total. The van der Waals surface area contributed by atoms with E-state index < -0.39 is 0 Å². The van der Waals surface area contributed by atoms with Gasteiger partial charge in [0.05, 0.1) is 11.8 Å². The molecule has 1 aliphatic heterocycles. The molecule has 98 valence electrons. The second-order valence-corrected chi connectivity index (χ2v) is 5.38. The smallest absolute Gasteiger partial charge is 0.247 e. The molecule has 4 heteroatoms. The zero-order chi connectivity index (χ0) is 13.3. The molecule has 1 heterocycles. The van der Waals surface area contributed by atoms with Gasteiger partial charge in [0.25, 0.3) is 0 Å². The van der Waals surface area contributed by atoms with Crippen LogP contribution in [0.2, 0.25) is 0 Å². The number of hydrogen-bond acceptors (Lipinski definition) is 3. The molecule has 2 rings (SSSR count). The first-order valence-electron chi connectivity index (χ1n) is 6.44. The van der Waals surface area contributed by atoms with Crippen LogP contribution < -0.4 is 5.84 Å². The van der Waals surface area contributed by atoms with Crippen molar-refractivity contribution in [2.75, 3.05) is 0 Å². The number of allylic oxidation sites excluding steroid dienone is 4. The largest absolute Gasteiger partial charge is 0.273 e. The number of carbonyl (C=O) groups excluding carboxylic acids is 2. The van der Waals surface area contributed by atoms with E-state index in [1.165, 1.54) is 11.1 Å². The molecule has 0 bridgehead atoms. The molecule has 2 N–H and O–H groups in total. The summed E-state index contributed by atoms with van der Waals surface area (Å²) in [6.07, 6.45) is 7.64. The van der Waals surface area contributed by atoms with Crippen LogP contribution in [-0.4, -0.2) is 16.8 Å². The molecule has 0 radical (unpaired) electrons. The van der Waals surface area contributed by atoms with Gasteiger partial charge in [-0.25, -0.2) is 10.9 Å². The van der Waals surface area contributed by atoms with Crippen molar-refractivity contribution in [2.24, 2.45) is 17.7 Å². The van der Waals surface area contributed by atoms with Gasteiger partial charge in [-0.2, -0.15) is 0 Å². The predicted molar refractivity (Wildman–Crippen MR) is 69.0 cm³/mol. The van der Waals surface area contributed by atoms with Crippen molar-refractivity contribution >= 4 is 11.8 Å². The van der Waals surface area contributed by atoms with E-state index in [0.29, 0.717) is 12.8 Å². The monoisotopic (exact) mass is 248 g/mol. The summed E-state index contributed by atoms with van der Waals surface area (Å²) >= 11 is 0. The minimum atomic E-state index is -0.218. The van der Waals surface area contributed by atoms with Crippen LogP contribution in [0.1, 0.15) is 39.5 Å². The third kappa shape index (κ3) is 2.38. The molecule has 2 amide bonds. The first-order valence-corrected chi connectivity index (χ1v) is 6.44. The third-order valence-electron chi connectivity index (χ3n) is 3.76. The summed E-state index contributed by atoms with van der Waals surface area (Å²) < 4.78 is 0. The normalized spacial score (nSPS) is 27.1. The predicted octanol–water partition coefficient (Wildman–Crippen LogP) is 1.93. The van der Waals surface area contributed by atoms with Crippen molar-refractivity contribution in [3.63, 3.8) is 0 Å². The average Bonchev–Trinajstić information content (AvgIpc) is 2.54. The lowest BCUT2D eigenvalue weighted by Crippen LogP contribution is -2.37. The van der Waals surface area contributed by atoms with Gasteiger partial charge in [0.1, 0.15) is 0 Å². The van der Waals surface area contributed by atoms with Crippen molar-refractivity contribution in [2.45, 2.75) is 39.5 Å². The van der Waals surface area contributed by atoms with Crippen LogP contribution in [0.25, 0.3) is 0 Å². The van der Waals surface area contributed by atoms with Gasteiger partial charge < -0.3 is 0 Å². The molecule has 1 aliphatic carbocycles. The molecule has 18 heavy (non-hydrogen) atoms. The second-order valence-electron chi connectivity index (χ2n) is 5.38. The number of hydrogen-bond donors (Lipinski definition) is 1. The van der Waals surface area contributed by atoms with Crippen molar-refractivity contribution < 1.29 is 9.59 Å². The van der Waals surface area contributed by atoms with Crippen molar-refractivity contribution in [1.29, 1.82) is 0 Å². The first-order chi connectivity index (χ1) is 8.50. The van der Waals surface area contributed by atoms with Gasteiger partial charge in [-0.3, -0.25) is 9.59 Å². The molecule has 2 aliphatic rings. The Bertz CT molecular complexity index is 433. The molecule has 0 aromatic heterocycles. The lowest BCUT2D eigenvalue weighted by atomic mass is 9.80. The van der Waals surface area contributed by atoms with Crippen LogP contribution in [0.5, 0.6) is 0 Å². The van der Waals surface area contributed by atoms with Gasteiger partial charge >= 0.3 is 0 Å². The lowest BCUT2D eigenvalue weighted by molar-refractivity contribution is -0.140. The molecule has 1 fully saturated rings. The molecular weight excluding hydrogens is 228 g/mol. The van der Waals surface area contributed by atoms with Gasteiger partial charge in [0.2, 0.25) is 11.8 Å². The van der Waals surface area contributed by atoms with Crippen LogP contribution in [0, 0.1) is 11.8 Å². The van der Waals surface area contributed by atoms with Crippen molar-refractivity contribution in [3.8, 4) is 0 Å². The fourth-order valence-corrected chi connectivity index (χ4v) is 2.71. The van der Waals surface area contributed by atoms with E-state index >= 15 is 0 Å². The number of rotatable bonds is 3. The number of nitrogens with two attached hydrogens (primary N) is 1. The van der Waals surface area contributed by atoms with Crippen LogP contribution in [0.4, 0.5) is 0 Å². The lowest BCUT2D eigenvalue weighted by Gasteiger charge is -2.21. The Morgan fingerprint density at radius 1 is 1.39 bits per heavy atom. The van der Waals surface area contributed by atoms with E-state index in [2.05, 4.69) is 26.0 Å². The fourth-order valence-electron chi connectivity index (χ4n) is 2.71. The minimum Gasteiger partial charge on any atom is -0.273 e. The maximum atomic E-state index is 11.8. The number of fused-ring (bicyclic) bond motifs is 1. The highest BCUT2D eigenvalue weighted by atomic mass is 16.2. The van der Waals surface area contributed by atoms with Crippen LogP contribution in [0.3, 0.4) is 0 Å². The van der Waals surface area contributed by atoms with Crippen molar-refractivity contribution in [3.05, 3.63) is 23.3 Å². The summed E-state index contributed by atoms with van der Waals surface area (Å²) in [5, 5.41) is 0.808. The highest BCUT2D eigenvalue weighted by molar-refractivity contribution is 6.04. The first kappa shape index (κ1) is 13.0. The Labute approximate surface area is 107 Å². The number of nitrogens with zero attached hydrogens (tertiary/aromatic N) is 1. The number of carbonyl (C=O) groups is 2. The summed E-state index contributed by atoms with van der Waals surface area (Å²) in [5.74, 6) is 4.61. The van der Waals surface area contributed by atoms with Gasteiger partial charge in [0, 0.05) is 0 Å². The van der Waals surface area contributed by atoms with Gasteiger partial charge in [-0.1, -0.05) is 23.3 Å². The van der Waals surface area contributed by atoms with Crippen LogP contribution >= 0.6 is 0 Å². The van der Waals surface area contributed by atoms with Gasteiger partial charge in [0.15, 0.2) is 0 Å². The Morgan fingerprint density at radius 3 is 2.72 bits per heavy atom. The van der Waals surface area contributed by atoms with E-state index in [4.69, 9.17) is 5.84 Å². The maximum absolute atomic E-state index is 11.8. The van der Waals surface area contributed by atoms with Gasteiger partial charge in [-0.05, 0) is 39.5 Å². The topological polar surface area (TPSA) is 63.4 Å². The zero-order valence-electron chi connectivity index (χ0n) is 11.0. The number of imide groups is 1. The molecular formula is C14H20N2O2. The molecule has 1 saturated heterocycles. The molecule has 2 atom stereocenters. The molecule has 0 unspecified atom stereocenters. The third-order valence-corrected chi connectivity index (χ3v) is 3.76. The van der Waals surface area contributed by atoms with E-state index in [1.807, 2.05) is 0 Å². The average molecular weight is 248 g/mol. The summed E-state index contributed by atoms with van der Waals surface area (Å²) in [6, 6.07) is 0. The summed E-state index contributed by atoms with van der Waals surface area (Å²) in [4.78, 5) is 23.5. The Morgan fingerprint density at radius 2 is 2.06 bits per heavy atom. The molecule has 0 aromatic rings. The molecule has 0 aromatic carbocycles. The Balaban J connectivity index is 2.00. The number of hydrazine groups is 1. The zero-order valence-corrected chi connectivity index (χ0v) is 11.0. The van der Waals surface area contributed by atoms with E-state index in [0.717, 1.165) is 17.9 Å². The van der Waals surface area contributed by atoms with E-state index in [9.17, 15) is 9.59 Å². The highest BCUT2D eigenvalue weighted by Crippen LogP contribution is 2.37. The van der Waals surface area contributed by atoms with E-state index in [1.54, 1.807) is 0 Å². The van der Waals surface area contributed by atoms with Crippen LogP contribution in [-0.2, 0) is 9.59 Å². The second kappa shape index (κ2) is 5.06. The summed E-state index contributed by atoms with van der Waals surface area (Å²) in [7, 11) is 0. The SMILES string of the molecule is CC(C)=CCCC1=CC[C@@H]2C(=O)N(N)C(=O)[C@H]2C1. The van der Waals surface area contributed by atoms with Crippen LogP contribution in [0.15, 0.2) is 23.3 Å². The number of amides is 2. The minimum absolute atomic E-state index is 0.210.